The number of nitrogens with two attached hydrogens (primary N) is 1. The van der Waals surface area contributed by atoms with Crippen molar-refractivity contribution in [3.63, 3.8) is 0 Å². The Kier molecular flexibility index (Phi) is 4.78. The molecule has 0 bridgehead atoms. The fourth-order valence-corrected chi connectivity index (χ4v) is 1.80. The van der Waals surface area contributed by atoms with E-state index in [1.54, 1.807) is 0 Å². The van der Waals surface area contributed by atoms with Crippen LogP contribution < -0.4 is 5.73 Å². The quantitative estimate of drug-likeness (QED) is 0.715. The van der Waals surface area contributed by atoms with Crippen LogP contribution in [0.2, 0.25) is 0 Å². The van der Waals surface area contributed by atoms with Gasteiger partial charge in [0.1, 0.15) is 0 Å². The molecule has 0 saturated carbocycles. The molecule has 2 N–H and O–H groups in total. The van der Waals surface area contributed by atoms with Crippen LogP contribution in [-0.2, 0) is 17.7 Å². The molecule has 1 rings (SSSR count). The first-order chi connectivity index (χ1) is 7.20. The van der Waals surface area contributed by atoms with Crippen LogP contribution in [0.25, 0.3) is 0 Å². The summed E-state index contributed by atoms with van der Waals surface area (Å²) in [5.41, 5.74) is 9.08. The lowest BCUT2D eigenvalue weighted by molar-refractivity contribution is 0.130. The zero-order valence-electron chi connectivity index (χ0n) is 9.92. The Morgan fingerprint density at radius 2 is 2.07 bits per heavy atom. The van der Waals surface area contributed by atoms with Crippen LogP contribution in [0.15, 0.2) is 0 Å². The number of hydrogen-bond acceptors (Lipinski definition) is 3. The molecule has 0 aliphatic carbocycles. The van der Waals surface area contributed by atoms with Crippen molar-refractivity contribution in [2.24, 2.45) is 5.73 Å². The highest BCUT2D eigenvalue weighted by atomic mass is 16.5. The fraction of sp³-hybridized carbons (Fsp3) is 0.727. The molecule has 4 heteroatoms. The van der Waals surface area contributed by atoms with Crippen molar-refractivity contribution in [2.75, 3.05) is 19.8 Å². The third-order valence-electron chi connectivity index (χ3n) is 2.59. The Morgan fingerprint density at radius 3 is 2.60 bits per heavy atom. The van der Waals surface area contributed by atoms with Gasteiger partial charge in [-0.15, -0.1) is 0 Å². The predicted octanol–water partition coefficient (Wildman–Crippen LogP) is 1.04. The molecule has 0 aliphatic heterocycles. The molecule has 0 aromatic carbocycles. The Bertz CT molecular complexity index is 307. The molecule has 15 heavy (non-hydrogen) atoms. The maximum Gasteiger partial charge on any atom is 0.0663 e. The number of rotatable bonds is 6. The molecule has 0 fully saturated rings. The van der Waals surface area contributed by atoms with Gasteiger partial charge in [0.25, 0.3) is 0 Å². The Hall–Kier alpha value is -0.870. The van der Waals surface area contributed by atoms with Crippen LogP contribution in [-0.4, -0.2) is 29.5 Å². The molecule has 0 atom stereocenters. The maximum absolute atomic E-state index is 5.34. The van der Waals surface area contributed by atoms with Gasteiger partial charge in [-0.25, -0.2) is 0 Å². The first kappa shape index (κ1) is 12.2. The number of aromatic nitrogens is 2. The predicted molar refractivity (Wildman–Crippen MR) is 61.0 cm³/mol. The van der Waals surface area contributed by atoms with E-state index in [9.17, 15) is 0 Å². The highest BCUT2D eigenvalue weighted by Gasteiger charge is 2.08. The van der Waals surface area contributed by atoms with Gasteiger partial charge in [0.15, 0.2) is 0 Å². The smallest absolute Gasteiger partial charge is 0.0663 e. The van der Waals surface area contributed by atoms with E-state index in [1.165, 1.54) is 11.3 Å². The Balaban J connectivity index is 2.54. The summed E-state index contributed by atoms with van der Waals surface area (Å²) >= 11 is 0. The normalized spacial score (nSPS) is 10.9. The summed E-state index contributed by atoms with van der Waals surface area (Å²) in [5, 5.41) is 4.48. The van der Waals surface area contributed by atoms with Crippen molar-refractivity contribution in [3.05, 3.63) is 17.0 Å². The second-order valence-corrected chi connectivity index (χ2v) is 3.63. The fourth-order valence-electron chi connectivity index (χ4n) is 1.80. The van der Waals surface area contributed by atoms with Crippen LogP contribution in [0.4, 0.5) is 0 Å². The Labute approximate surface area is 91.4 Å². The Morgan fingerprint density at radius 1 is 1.33 bits per heavy atom. The number of nitrogens with zero attached hydrogens (tertiary/aromatic N) is 2. The third kappa shape index (κ3) is 3.04. The summed E-state index contributed by atoms with van der Waals surface area (Å²) in [7, 11) is 0. The average Bonchev–Trinajstić information content (AvgIpc) is 2.49. The van der Waals surface area contributed by atoms with Crippen molar-refractivity contribution in [1.29, 1.82) is 0 Å². The summed E-state index contributed by atoms with van der Waals surface area (Å²) in [6.07, 6.45) is 1.04. The van der Waals surface area contributed by atoms with Gasteiger partial charge in [0, 0.05) is 12.2 Å². The van der Waals surface area contributed by atoms with Gasteiger partial charge in [-0.1, -0.05) is 6.92 Å². The zero-order valence-corrected chi connectivity index (χ0v) is 9.92. The molecule has 0 saturated heterocycles. The monoisotopic (exact) mass is 211 g/mol. The lowest BCUT2D eigenvalue weighted by Crippen LogP contribution is -2.13. The van der Waals surface area contributed by atoms with E-state index in [0.29, 0.717) is 19.8 Å². The van der Waals surface area contributed by atoms with Gasteiger partial charge in [-0.05, 0) is 25.8 Å². The molecule has 1 aromatic heterocycles. The van der Waals surface area contributed by atoms with E-state index in [0.717, 1.165) is 18.7 Å². The van der Waals surface area contributed by atoms with Crippen molar-refractivity contribution in [1.82, 2.24) is 9.78 Å². The van der Waals surface area contributed by atoms with Gasteiger partial charge < -0.3 is 10.5 Å². The number of ether oxygens (including phenoxy) is 1. The van der Waals surface area contributed by atoms with E-state index in [-0.39, 0.29) is 0 Å². The average molecular weight is 211 g/mol. The highest BCUT2D eigenvalue weighted by Crippen LogP contribution is 2.12. The summed E-state index contributed by atoms with van der Waals surface area (Å²) in [6.45, 7) is 9.03. The molecule has 0 aliphatic rings. The standard InChI is InChI=1S/C11H21N3O/c1-4-11-9(2)13-14(10(11)3)6-8-15-7-5-12/h4-8,12H2,1-3H3. The van der Waals surface area contributed by atoms with Crippen molar-refractivity contribution < 1.29 is 4.74 Å². The second kappa shape index (κ2) is 5.88. The van der Waals surface area contributed by atoms with Crippen molar-refractivity contribution in [3.8, 4) is 0 Å². The summed E-state index contributed by atoms with van der Waals surface area (Å²) in [4.78, 5) is 0. The lowest BCUT2D eigenvalue weighted by atomic mass is 10.1. The van der Waals surface area contributed by atoms with Crippen LogP contribution in [0, 0.1) is 13.8 Å². The van der Waals surface area contributed by atoms with Gasteiger partial charge in [0.05, 0.1) is 25.5 Å². The van der Waals surface area contributed by atoms with Crippen molar-refractivity contribution in [2.45, 2.75) is 33.7 Å². The minimum atomic E-state index is 0.581. The molecule has 0 amide bonds. The lowest BCUT2D eigenvalue weighted by Gasteiger charge is -2.05. The largest absolute Gasteiger partial charge is 0.378 e. The van der Waals surface area contributed by atoms with Crippen LogP contribution in [0.1, 0.15) is 23.9 Å². The summed E-state index contributed by atoms with van der Waals surface area (Å²) < 4.78 is 7.36. The first-order valence-electron chi connectivity index (χ1n) is 5.51. The first-order valence-corrected chi connectivity index (χ1v) is 5.51. The topological polar surface area (TPSA) is 53.1 Å². The van der Waals surface area contributed by atoms with Gasteiger partial charge >= 0.3 is 0 Å². The minimum absolute atomic E-state index is 0.581. The molecule has 0 unspecified atom stereocenters. The van der Waals surface area contributed by atoms with Gasteiger partial charge in [-0.2, -0.15) is 5.10 Å². The third-order valence-corrected chi connectivity index (χ3v) is 2.59. The second-order valence-electron chi connectivity index (χ2n) is 3.63. The number of aryl methyl sites for hydroxylation is 1. The van der Waals surface area contributed by atoms with E-state index in [2.05, 4.69) is 25.9 Å². The highest BCUT2D eigenvalue weighted by molar-refractivity contribution is 5.24. The molecule has 1 heterocycles. The molecule has 0 radical (unpaired) electrons. The van der Waals surface area contributed by atoms with Crippen molar-refractivity contribution >= 4 is 0 Å². The van der Waals surface area contributed by atoms with Crippen LogP contribution in [0.5, 0.6) is 0 Å². The molecular formula is C11H21N3O. The molecule has 1 aromatic rings. The van der Waals surface area contributed by atoms with Gasteiger partial charge in [0.2, 0.25) is 0 Å². The van der Waals surface area contributed by atoms with Crippen LogP contribution >= 0.6 is 0 Å². The molecule has 0 spiro atoms. The molecule has 86 valence electrons. The van der Waals surface area contributed by atoms with Crippen LogP contribution in [0.3, 0.4) is 0 Å². The van der Waals surface area contributed by atoms with E-state index >= 15 is 0 Å². The van der Waals surface area contributed by atoms with E-state index in [4.69, 9.17) is 10.5 Å². The zero-order chi connectivity index (χ0) is 11.3. The molecular weight excluding hydrogens is 190 g/mol. The number of hydrogen-bond donors (Lipinski definition) is 1. The summed E-state index contributed by atoms with van der Waals surface area (Å²) in [6, 6.07) is 0. The summed E-state index contributed by atoms with van der Waals surface area (Å²) in [5.74, 6) is 0. The van der Waals surface area contributed by atoms with E-state index in [1.807, 2.05) is 4.68 Å². The van der Waals surface area contributed by atoms with Gasteiger partial charge in [-0.3, -0.25) is 4.68 Å². The minimum Gasteiger partial charge on any atom is -0.378 e. The van der Waals surface area contributed by atoms with E-state index < -0.39 is 0 Å². The molecule has 4 nitrogen and oxygen atoms in total. The SMILES string of the molecule is CCc1c(C)nn(CCOCCN)c1C. The maximum atomic E-state index is 5.34.